The first-order valence-electron chi connectivity index (χ1n) is 11.3. The molecule has 1 aromatic carbocycles. The van der Waals surface area contributed by atoms with Gasteiger partial charge in [0.05, 0.1) is 48.1 Å². The Morgan fingerprint density at radius 1 is 1.18 bits per heavy atom. The van der Waals surface area contributed by atoms with Crippen molar-refractivity contribution in [2.75, 3.05) is 18.4 Å². The van der Waals surface area contributed by atoms with Crippen LogP contribution < -0.4 is 16.0 Å². The van der Waals surface area contributed by atoms with Gasteiger partial charge >= 0.3 is 0 Å². The molecule has 2 fully saturated rings. The van der Waals surface area contributed by atoms with Crippen LogP contribution in [0, 0.1) is 12.7 Å². The van der Waals surface area contributed by atoms with E-state index in [2.05, 4.69) is 26.0 Å². The van der Waals surface area contributed by atoms with Gasteiger partial charge in [-0.15, -0.1) is 0 Å². The Kier molecular flexibility index (Phi) is 5.76. The van der Waals surface area contributed by atoms with E-state index in [-0.39, 0.29) is 18.2 Å². The average Bonchev–Trinajstić information content (AvgIpc) is 3.47. The Balaban J connectivity index is 1.39. The molecule has 34 heavy (non-hydrogen) atoms. The molecule has 1 aliphatic carbocycles. The topological polar surface area (TPSA) is 83.9 Å². The van der Waals surface area contributed by atoms with Gasteiger partial charge in [-0.2, -0.15) is 5.10 Å². The number of piperidine rings is 1. The van der Waals surface area contributed by atoms with Gasteiger partial charge in [0, 0.05) is 17.8 Å². The lowest BCUT2D eigenvalue weighted by atomic mass is 9.99. The number of carbonyl (C=O) groups excluding carboxylic acids is 1. The third kappa shape index (κ3) is 4.63. The number of pyridine rings is 1. The monoisotopic (exact) mass is 470 g/mol. The molecule has 178 valence electrons. The molecular formula is C24H25F3N6O. The molecule has 3 N–H and O–H groups in total. The zero-order valence-corrected chi connectivity index (χ0v) is 18.6. The number of nitrogens with one attached hydrogen (secondary N) is 3. The summed E-state index contributed by atoms with van der Waals surface area (Å²) in [6.45, 7) is 1.92. The number of hydrogen-bond donors (Lipinski definition) is 3. The molecule has 1 atom stereocenters. The SMILES string of the molecule is Cc1cc(F)c(C(=O)NC2CC2)cc1-c1cnn(-c2cncc(NC3CCNCC3(F)F)c2)c1. The molecule has 0 bridgehead atoms. The van der Waals surface area contributed by atoms with Gasteiger partial charge in [0.1, 0.15) is 5.82 Å². The maximum atomic E-state index is 14.5. The van der Waals surface area contributed by atoms with E-state index in [1.54, 1.807) is 42.3 Å². The maximum absolute atomic E-state index is 14.5. The Bertz CT molecular complexity index is 1220. The molecule has 1 aliphatic heterocycles. The molecule has 1 saturated carbocycles. The summed E-state index contributed by atoms with van der Waals surface area (Å²) in [5, 5.41) is 12.8. The van der Waals surface area contributed by atoms with Crippen LogP contribution in [-0.4, -0.2) is 51.8 Å². The molecule has 1 unspecified atom stereocenters. The highest BCUT2D eigenvalue weighted by atomic mass is 19.3. The van der Waals surface area contributed by atoms with Crippen molar-refractivity contribution < 1.29 is 18.0 Å². The Labute approximate surface area is 194 Å². The number of aryl methyl sites for hydroxylation is 1. The summed E-state index contributed by atoms with van der Waals surface area (Å²) in [6.07, 6.45) is 8.55. The average molecular weight is 470 g/mol. The molecule has 3 heterocycles. The molecule has 7 nitrogen and oxygen atoms in total. The fourth-order valence-corrected chi connectivity index (χ4v) is 4.10. The number of alkyl halides is 2. The first-order chi connectivity index (χ1) is 16.3. The largest absolute Gasteiger partial charge is 0.375 e. The number of halogens is 3. The fourth-order valence-electron chi connectivity index (χ4n) is 4.10. The first kappa shape index (κ1) is 22.4. The summed E-state index contributed by atoms with van der Waals surface area (Å²) < 4.78 is 44.4. The van der Waals surface area contributed by atoms with Crippen molar-refractivity contribution in [3.8, 4) is 16.8 Å². The second-order valence-electron chi connectivity index (χ2n) is 8.92. The zero-order valence-electron chi connectivity index (χ0n) is 18.6. The molecule has 0 spiro atoms. The predicted octanol–water partition coefficient (Wildman–Crippen LogP) is 3.68. The minimum Gasteiger partial charge on any atom is -0.375 e. The van der Waals surface area contributed by atoms with E-state index in [0.717, 1.165) is 12.8 Å². The van der Waals surface area contributed by atoms with Crippen molar-refractivity contribution in [2.45, 2.75) is 44.2 Å². The van der Waals surface area contributed by atoms with Gasteiger partial charge in [-0.25, -0.2) is 17.9 Å². The molecule has 1 amide bonds. The van der Waals surface area contributed by atoms with Crippen molar-refractivity contribution in [1.29, 1.82) is 0 Å². The van der Waals surface area contributed by atoms with Gasteiger partial charge in [-0.05, 0) is 62.1 Å². The number of rotatable bonds is 6. The summed E-state index contributed by atoms with van der Waals surface area (Å²) in [7, 11) is 0. The normalized spacial score (nSPS) is 19.6. The van der Waals surface area contributed by atoms with Crippen molar-refractivity contribution in [3.63, 3.8) is 0 Å². The standard InChI is InChI=1S/C24H25F3N6O/c1-14-6-21(25)20(23(34)32-16-2-3-16)8-19(14)15-9-30-33(12-15)18-7-17(10-29-11-18)31-22-4-5-28-13-24(22,26)27/h6-12,16,22,28,31H,2-5,13H2,1H3,(H,32,34). The van der Waals surface area contributed by atoms with E-state index in [0.29, 0.717) is 41.0 Å². The lowest BCUT2D eigenvalue weighted by Gasteiger charge is -2.33. The predicted molar refractivity (Wildman–Crippen MR) is 122 cm³/mol. The van der Waals surface area contributed by atoms with Gasteiger partial charge in [-0.3, -0.25) is 9.78 Å². The minimum atomic E-state index is -2.86. The van der Waals surface area contributed by atoms with Gasteiger partial charge in [0.2, 0.25) is 0 Å². The third-order valence-electron chi connectivity index (χ3n) is 6.17. The van der Waals surface area contributed by atoms with Crippen molar-refractivity contribution in [2.24, 2.45) is 0 Å². The summed E-state index contributed by atoms with van der Waals surface area (Å²) in [4.78, 5) is 16.6. The van der Waals surface area contributed by atoms with Crippen molar-refractivity contribution in [1.82, 2.24) is 25.4 Å². The second kappa shape index (κ2) is 8.75. The van der Waals surface area contributed by atoms with Crippen LogP contribution in [-0.2, 0) is 0 Å². The number of nitrogens with zero attached hydrogens (tertiary/aromatic N) is 3. The Morgan fingerprint density at radius 3 is 2.76 bits per heavy atom. The van der Waals surface area contributed by atoms with E-state index in [9.17, 15) is 18.0 Å². The molecule has 2 aliphatic rings. The van der Waals surface area contributed by atoms with Crippen LogP contribution in [0.3, 0.4) is 0 Å². The molecule has 10 heteroatoms. The van der Waals surface area contributed by atoms with Crippen LogP contribution in [0.1, 0.15) is 35.2 Å². The number of hydrogen-bond acceptors (Lipinski definition) is 5. The van der Waals surface area contributed by atoms with Crippen LogP contribution in [0.2, 0.25) is 0 Å². The number of anilines is 1. The van der Waals surface area contributed by atoms with Crippen molar-refractivity contribution >= 4 is 11.6 Å². The van der Waals surface area contributed by atoms with Gasteiger partial charge in [0.25, 0.3) is 11.8 Å². The third-order valence-corrected chi connectivity index (χ3v) is 6.17. The summed E-state index contributed by atoms with van der Waals surface area (Å²) in [5.74, 6) is -3.85. The number of aromatic nitrogens is 3. The van der Waals surface area contributed by atoms with Crippen LogP contribution in [0.15, 0.2) is 43.0 Å². The smallest absolute Gasteiger partial charge is 0.279 e. The lowest BCUT2D eigenvalue weighted by molar-refractivity contribution is -0.0321. The summed E-state index contributed by atoms with van der Waals surface area (Å²) in [5.41, 5.74) is 3.10. The Morgan fingerprint density at radius 2 is 2.00 bits per heavy atom. The van der Waals surface area contributed by atoms with Crippen LogP contribution >= 0.6 is 0 Å². The molecule has 5 rings (SSSR count). The molecule has 0 radical (unpaired) electrons. The highest BCUT2D eigenvalue weighted by molar-refractivity contribution is 5.96. The minimum absolute atomic E-state index is 0.00369. The summed E-state index contributed by atoms with van der Waals surface area (Å²) >= 11 is 0. The van der Waals surface area contributed by atoms with E-state index in [1.807, 2.05) is 0 Å². The van der Waals surface area contributed by atoms with Gasteiger partial charge in [-0.1, -0.05) is 0 Å². The second-order valence-corrected chi connectivity index (χ2v) is 8.92. The van der Waals surface area contributed by atoms with Crippen LogP contribution in [0.5, 0.6) is 0 Å². The van der Waals surface area contributed by atoms with Gasteiger partial charge in [0.15, 0.2) is 0 Å². The molecule has 3 aromatic rings. The number of carbonyl (C=O) groups is 1. The van der Waals surface area contributed by atoms with E-state index < -0.39 is 23.7 Å². The van der Waals surface area contributed by atoms with Gasteiger partial charge < -0.3 is 16.0 Å². The lowest BCUT2D eigenvalue weighted by Crippen LogP contribution is -2.52. The number of amides is 1. The number of benzene rings is 1. The first-order valence-corrected chi connectivity index (χ1v) is 11.3. The summed E-state index contributed by atoms with van der Waals surface area (Å²) in [6, 6.07) is 3.73. The molecule has 1 saturated heterocycles. The molecule has 2 aromatic heterocycles. The van der Waals surface area contributed by atoms with E-state index in [4.69, 9.17) is 0 Å². The van der Waals surface area contributed by atoms with E-state index in [1.165, 1.54) is 12.3 Å². The molecular weight excluding hydrogens is 445 g/mol. The quantitative estimate of drug-likeness (QED) is 0.512. The maximum Gasteiger partial charge on any atom is 0.279 e. The zero-order chi connectivity index (χ0) is 23.9. The van der Waals surface area contributed by atoms with E-state index >= 15 is 0 Å². The fraction of sp³-hybridized carbons (Fsp3) is 0.375. The van der Waals surface area contributed by atoms with Crippen LogP contribution in [0.25, 0.3) is 16.8 Å². The van der Waals surface area contributed by atoms with Crippen LogP contribution in [0.4, 0.5) is 18.9 Å². The highest BCUT2D eigenvalue weighted by Crippen LogP contribution is 2.29. The van der Waals surface area contributed by atoms with Crippen molar-refractivity contribution in [3.05, 3.63) is 59.9 Å². The Hall–Kier alpha value is -3.40. The highest BCUT2D eigenvalue weighted by Gasteiger charge is 2.41.